The van der Waals surface area contributed by atoms with E-state index in [-0.39, 0.29) is 11.9 Å². The summed E-state index contributed by atoms with van der Waals surface area (Å²) in [6.45, 7) is 17.1. The summed E-state index contributed by atoms with van der Waals surface area (Å²) in [4.78, 5) is 6.75. The van der Waals surface area contributed by atoms with Crippen LogP contribution in [0.25, 0.3) is 4.85 Å². The minimum atomic E-state index is -0.821. The Hall–Kier alpha value is -2.61. The molecular weight excluding hydrogens is 320 g/mol. The lowest BCUT2D eigenvalue weighted by Crippen LogP contribution is -2.36. The van der Waals surface area contributed by atoms with Gasteiger partial charge in [-0.1, -0.05) is 6.07 Å². The lowest BCUT2D eigenvalue weighted by molar-refractivity contribution is 0.594. The number of nitrogens with zero attached hydrogens (tertiary/aromatic N) is 3. The zero-order valence-corrected chi connectivity index (χ0v) is 15.3. The van der Waals surface area contributed by atoms with E-state index in [0.29, 0.717) is 5.69 Å². The highest BCUT2D eigenvalue weighted by Gasteiger charge is 2.37. The minimum Gasteiger partial charge on any atom is -0.351 e. The molecule has 3 rings (SSSR count). The van der Waals surface area contributed by atoms with Crippen molar-refractivity contribution < 1.29 is 8.78 Å². The van der Waals surface area contributed by atoms with Gasteiger partial charge in [0.1, 0.15) is 12.0 Å². The second kappa shape index (κ2) is 5.73. The third-order valence-corrected chi connectivity index (χ3v) is 5.37. The molecule has 1 atom stereocenters. The van der Waals surface area contributed by atoms with Gasteiger partial charge in [0, 0.05) is 12.7 Å². The van der Waals surface area contributed by atoms with Gasteiger partial charge >= 0.3 is 0 Å². The summed E-state index contributed by atoms with van der Waals surface area (Å²) in [6.07, 6.45) is -0.191. The molecule has 0 fully saturated rings. The van der Waals surface area contributed by atoms with Gasteiger partial charge in [-0.05, 0) is 62.9 Å². The van der Waals surface area contributed by atoms with Crippen molar-refractivity contribution in [3.63, 3.8) is 0 Å². The largest absolute Gasteiger partial charge is 0.351 e. The second-order valence-electron chi connectivity index (χ2n) is 6.72. The molecule has 0 aliphatic carbocycles. The molecule has 0 spiro atoms. The molecule has 1 aliphatic rings. The van der Waals surface area contributed by atoms with Gasteiger partial charge in [0.25, 0.3) is 5.69 Å². The van der Waals surface area contributed by atoms with Crippen LogP contribution in [-0.2, 0) is 0 Å². The van der Waals surface area contributed by atoms with Crippen LogP contribution in [-0.4, -0.2) is 13.2 Å². The maximum Gasteiger partial charge on any atom is 0.259 e. The monoisotopic (exact) mass is 341 g/mol. The van der Waals surface area contributed by atoms with Crippen LogP contribution in [0.1, 0.15) is 29.2 Å². The first kappa shape index (κ1) is 17.2. The molecular formula is C20H21F2N3. The van der Waals surface area contributed by atoms with Crippen LogP contribution < -0.4 is 9.80 Å². The number of rotatable bonds is 1. The molecule has 2 aromatic rings. The Morgan fingerprint density at radius 2 is 1.56 bits per heavy atom. The van der Waals surface area contributed by atoms with Gasteiger partial charge in [-0.15, -0.1) is 0 Å². The zero-order valence-electron chi connectivity index (χ0n) is 15.3. The average Bonchev–Trinajstić information content (AvgIpc) is 2.78. The fourth-order valence-electron chi connectivity index (χ4n) is 3.63. The summed E-state index contributed by atoms with van der Waals surface area (Å²) in [7, 11) is 1.77. The first-order valence-electron chi connectivity index (χ1n) is 8.19. The van der Waals surface area contributed by atoms with Gasteiger partial charge in [-0.3, -0.25) is 0 Å². The SMILES string of the molecule is [C-]#[N+]c1c(F)cc2c(c1F)N(C)[C@H](C)N2c1c(C)c(C)cc(C)c1C. The van der Waals surface area contributed by atoms with E-state index in [2.05, 4.69) is 10.9 Å². The van der Waals surface area contributed by atoms with Crippen molar-refractivity contribution in [3.05, 3.63) is 57.4 Å². The van der Waals surface area contributed by atoms with E-state index in [9.17, 15) is 8.78 Å². The fraction of sp³-hybridized carbons (Fsp3) is 0.350. The molecule has 5 heteroatoms. The van der Waals surface area contributed by atoms with Crippen LogP contribution in [0.5, 0.6) is 0 Å². The molecule has 2 aromatic carbocycles. The van der Waals surface area contributed by atoms with Crippen molar-refractivity contribution >= 4 is 22.7 Å². The van der Waals surface area contributed by atoms with Crippen molar-refractivity contribution in [3.8, 4) is 0 Å². The quantitative estimate of drug-likeness (QED) is 0.618. The topological polar surface area (TPSA) is 10.8 Å². The first-order valence-corrected chi connectivity index (χ1v) is 8.19. The fourth-order valence-corrected chi connectivity index (χ4v) is 3.63. The smallest absolute Gasteiger partial charge is 0.259 e. The van der Waals surface area contributed by atoms with Crippen LogP contribution in [0, 0.1) is 45.9 Å². The van der Waals surface area contributed by atoms with E-state index >= 15 is 0 Å². The van der Waals surface area contributed by atoms with Crippen molar-refractivity contribution in [2.75, 3.05) is 16.8 Å². The van der Waals surface area contributed by atoms with E-state index < -0.39 is 17.3 Å². The molecule has 130 valence electrons. The highest BCUT2D eigenvalue weighted by atomic mass is 19.1. The Kier molecular flexibility index (Phi) is 3.95. The summed E-state index contributed by atoms with van der Waals surface area (Å²) in [5.74, 6) is -1.61. The number of hydrogen-bond donors (Lipinski definition) is 0. The molecule has 0 N–H and O–H groups in total. The number of aryl methyl sites for hydroxylation is 2. The molecule has 0 amide bonds. The highest BCUT2D eigenvalue weighted by Crippen LogP contribution is 2.50. The van der Waals surface area contributed by atoms with Gasteiger partial charge < -0.3 is 9.80 Å². The van der Waals surface area contributed by atoms with Gasteiger partial charge in [0.05, 0.1) is 17.9 Å². The van der Waals surface area contributed by atoms with Crippen molar-refractivity contribution in [1.82, 2.24) is 0 Å². The Balaban J connectivity index is 2.36. The second-order valence-corrected chi connectivity index (χ2v) is 6.72. The number of halogens is 2. The molecule has 25 heavy (non-hydrogen) atoms. The lowest BCUT2D eigenvalue weighted by atomic mass is 9.97. The molecule has 1 aliphatic heterocycles. The Morgan fingerprint density at radius 1 is 1.00 bits per heavy atom. The Morgan fingerprint density at radius 3 is 2.08 bits per heavy atom. The standard InChI is InChI=1S/C20H21F2N3/c1-10-8-11(2)13(4)19(12(10)3)25-14(5)24(7)20-16(25)9-15(21)18(23-6)17(20)22/h8-9,14H,1-5,7H3/t14-/m0/s1. The summed E-state index contributed by atoms with van der Waals surface area (Å²) in [5, 5.41) is 0. The van der Waals surface area contributed by atoms with E-state index in [0.717, 1.165) is 27.9 Å². The zero-order chi connectivity index (χ0) is 18.6. The molecule has 0 bridgehead atoms. The molecule has 0 aromatic heterocycles. The third kappa shape index (κ3) is 2.28. The summed E-state index contributed by atoms with van der Waals surface area (Å²) in [5.41, 5.74) is 5.63. The van der Waals surface area contributed by atoms with Crippen LogP contribution >= 0.6 is 0 Å². The van der Waals surface area contributed by atoms with Crippen LogP contribution in [0.3, 0.4) is 0 Å². The molecule has 0 saturated carbocycles. The van der Waals surface area contributed by atoms with Gasteiger partial charge in [-0.2, -0.15) is 0 Å². The van der Waals surface area contributed by atoms with Gasteiger partial charge in [0.2, 0.25) is 0 Å². The lowest BCUT2D eigenvalue weighted by Gasteiger charge is -2.31. The number of hydrogen-bond acceptors (Lipinski definition) is 2. The van der Waals surface area contributed by atoms with E-state index in [1.165, 1.54) is 6.07 Å². The maximum absolute atomic E-state index is 14.8. The van der Waals surface area contributed by atoms with Crippen molar-refractivity contribution in [1.29, 1.82) is 0 Å². The molecule has 3 nitrogen and oxygen atoms in total. The third-order valence-electron chi connectivity index (χ3n) is 5.37. The number of fused-ring (bicyclic) bond motifs is 1. The van der Waals surface area contributed by atoms with Crippen molar-refractivity contribution in [2.45, 2.75) is 40.8 Å². The van der Waals surface area contributed by atoms with Gasteiger partial charge in [-0.25, -0.2) is 13.6 Å². The normalized spacial score (nSPS) is 16.2. The first-order chi connectivity index (χ1) is 11.7. The highest BCUT2D eigenvalue weighted by molar-refractivity contribution is 5.88. The van der Waals surface area contributed by atoms with Crippen LogP contribution in [0.15, 0.2) is 12.1 Å². The summed E-state index contributed by atoms with van der Waals surface area (Å²) < 4.78 is 29.1. The minimum absolute atomic E-state index is 0.191. The summed E-state index contributed by atoms with van der Waals surface area (Å²) >= 11 is 0. The molecule has 0 saturated heterocycles. The van der Waals surface area contributed by atoms with Gasteiger partial charge in [0.15, 0.2) is 5.82 Å². The van der Waals surface area contributed by atoms with Crippen molar-refractivity contribution in [2.24, 2.45) is 0 Å². The van der Waals surface area contributed by atoms with Crippen LogP contribution in [0.2, 0.25) is 0 Å². The molecule has 0 unspecified atom stereocenters. The predicted octanol–water partition coefficient (Wildman–Crippen LogP) is 5.68. The Bertz CT molecular complexity index is 902. The average molecular weight is 341 g/mol. The number of anilines is 3. The Labute approximate surface area is 147 Å². The van der Waals surface area contributed by atoms with Crippen LogP contribution in [0.4, 0.5) is 31.5 Å². The molecule has 0 radical (unpaired) electrons. The molecule has 1 heterocycles. The predicted molar refractivity (Wildman–Crippen MR) is 98.0 cm³/mol. The summed E-state index contributed by atoms with van der Waals surface area (Å²) in [6, 6.07) is 3.41. The maximum atomic E-state index is 14.8. The van der Waals surface area contributed by atoms with E-state index in [4.69, 9.17) is 6.57 Å². The number of benzene rings is 2. The van der Waals surface area contributed by atoms with E-state index in [1.807, 2.05) is 39.5 Å². The van der Waals surface area contributed by atoms with E-state index in [1.54, 1.807) is 11.9 Å².